The smallest absolute Gasteiger partial charge is 0.170 e. The van der Waals surface area contributed by atoms with Crippen LogP contribution < -0.4 is 10.6 Å². The third-order valence-electron chi connectivity index (χ3n) is 3.35. The molecule has 3 aromatic rings. The monoisotopic (exact) mass is 310 g/mol. The van der Waals surface area contributed by atoms with Gasteiger partial charge in [-0.2, -0.15) is 0 Å². The van der Waals surface area contributed by atoms with Gasteiger partial charge in [-0.25, -0.2) is 4.98 Å². The standard InChI is InChI=1S/C17H18N4S/c22-17(19-13-7-2-1-3-8-13)18-12-6-11-16-20-14-9-4-5-10-15(14)21-16/h1-5,7-10H,6,11-12H2,(H,20,21)(H2,18,19,22). The van der Waals surface area contributed by atoms with Gasteiger partial charge in [0.05, 0.1) is 11.0 Å². The summed E-state index contributed by atoms with van der Waals surface area (Å²) in [5.41, 5.74) is 3.11. The van der Waals surface area contributed by atoms with E-state index in [0.717, 1.165) is 41.9 Å². The number of H-pyrrole nitrogens is 1. The number of rotatable bonds is 5. The second-order valence-electron chi connectivity index (χ2n) is 5.05. The number of thiocarbonyl (C=S) groups is 1. The molecule has 112 valence electrons. The Hall–Kier alpha value is -2.40. The maximum Gasteiger partial charge on any atom is 0.170 e. The molecule has 0 bridgehead atoms. The van der Waals surface area contributed by atoms with Crippen molar-refractivity contribution >= 4 is 34.1 Å². The number of para-hydroxylation sites is 3. The number of aromatic amines is 1. The van der Waals surface area contributed by atoms with Gasteiger partial charge in [-0.15, -0.1) is 0 Å². The Bertz CT molecular complexity index is 718. The first-order valence-corrected chi connectivity index (χ1v) is 7.75. The minimum atomic E-state index is 0.649. The van der Waals surface area contributed by atoms with E-state index in [1.165, 1.54) is 0 Å². The molecule has 22 heavy (non-hydrogen) atoms. The molecule has 0 radical (unpaired) electrons. The lowest BCUT2D eigenvalue weighted by atomic mass is 10.3. The third-order valence-corrected chi connectivity index (χ3v) is 3.59. The number of hydrogen-bond donors (Lipinski definition) is 3. The fourth-order valence-corrected chi connectivity index (χ4v) is 2.50. The van der Waals surface area contributed by atoms with Gasteiger partial charge in [0.25, 0.3) is 0 Å². The Morgan fingerprint density at radius 2 is 1.82 bits per heavy atom. The van der Waals surface area contributed by atoms with E-state index in [9.17, 15) is 0 Å². The molecule has 0 fully saturated rings. The van der Waals surface area contributed by atoms with Crippen molar-refractivity contribution in [1.29, 1.82) is 0 Å². The van der Waals surface area contributed by atoms with E-state index in [1.807, 2.05) is 54.6 Å². The number of imidazole rings is 1. The number of anilines is 1. The Balaban J connectivity index is 1.42. The first kappa shape index (κ1) is 14.5. The molecule has 0 saturated carbocycles. The molecule has 0 aliphatic rings. The minimum Gasteiger partial charge on any atom is -0.362 e. The Kier molecular flexibility index (Phi) is 4.65. The fraction of sp³-hybridized carbons (Fsp3) is 0.176. The highest BCUT2D eigenvalue weighted by Crippen LogP contribution is 2.11. The predicted molar refractivity (Wildman–Crippen MR) is 95.1 cm³/mol. The van der Waals surface area contributed by atoms with Crippen LogP contribution in [-0.4, -0.2) is 21.6 Å². The highest BCUT2D eigenvalue weighted by atomic mass is 32.1. The summed E-state index contributed by atoms with van der Waals surface area (Å²) in [6, 6.07) is 18.0. The van der Waals surface area contributed by atoms with Gasteiger partial charge in [0, 0.05) is 18.7 Å². The van der Waals surface area contributed by atoms with Crippen molar-refractivity contribution in [1.82, 2.24) is 15.3 Å². The molecule has 3 rings (SSSR count). The Labute approximate surface area is 135 Å². The van der Waals surface area contributed by atoms with Gasteiger partial charge in [-0.05, 0) is 42.9 Å². The van der Waals surface area contributed by atoms with Crippen molar-refractivity contribution < 1.29 is 0 Å². The van der Waals surface area contributed by atoms with Gasteiger partial charge in [0.2, 0.25) is 0 Å². The maximum atomic E-state index is 5.27. The lowest BCUT2D eigenvalue weighted by Crippen LogP contribution is -2.29. The molecular weight excluding hydrogens is 292 g/mol. The lowest BCUT2D eigenvalue weighted by Gasteiger charge is -2.09. The predicted octanol–water partition coefficient (Wildman–Crippen LogP) is 3.48. The molecule has 4 nitrogen and oxygen atoms in total. The number of aryl methyl sites for hydroxylation is 1. The number of nitrogens with one attached hydrogen (secondary N) is 3. The maximum absolute atomic E-state index is 5.27. The van der Waals surface area contributed by atoms with E-state index in [1.54, 1.807) is 0 Å². The van der Waals surface area contributed by atoms with Crippen molar-refractivity contribution in [2.24, 2.45) is 0 Å². The van der Waals surface area contributed by atoms with Gasteiger partial charge < -0.3 is 15.6 Å². The summed E-state index contributed by atoms with van der Waals surface area (Å²) >= 11 is 5.27. The van der Waals surface area contributed by atoms with Crippen LogP contribution in [0, 0.1) is 0 Å². The largest absolute Gasteiger partial charge is 0.362 e. The molecule has 0 unspecified atom stereocenters. The van der Waals surface area contributed by atoms with Crippen molar-refractivity contribution in [2.75, 3.05) is 11.9 Å². The van der Waals surface area contributed by atoms with Crippen LogP contribution in [-0.2, 0) is 6.42 Å². The first-order valence-electron chi connectivity index (χ1n) is 7.35. The zero-order chi connectivity index (χ0) is 15.2. The van der Waals surface area contributed by atoms with Crippen molar-refractivity contribution in [3.63, 3.8) is 0 Å². The van der Waals surface area contributed by atoms with Gasteiger partial charge in [0.15, 0.2) is 5.11 Å². The van der Waals surface area contributed by atoms with E-state index in [0.29, 0.717) is 5.11 Å². The van der Waals surface area contributed by atoms with Gasteiger partial charge in [-0.3, -0.25) is 0 Å². The molecule has 0 saturated heterocycles. The molecule has 2 aromatic carbocycles. The van der Waals surface area contributed by atoms with Crippen LogP contribution in [0.2, 0.25) is 0 Å². The van der Waals surface area contributed by atoms with Gasteiger partial charge >= 0.3 is 0 Å². The van der Waals surface area contributed by atoms with Gasteiger partial charge in [-0.1, -0.05) is 30.3 Å². The summed E-state index contributed by atoms with van der Waals surface area (Å²) in [5.74, 6) is 1.02. The number of nitrogens with zero attached hydrogens (tertiary/aromatic N) is 1. The molecule has 0 aliphatic carbocycles. The SMILES string of the molecule is S=C(NCCCc1nc2ccccc2[nH]1)Nc1ccccc1. The summed E-state index contributed by atoms with van der Waals surface area (Å²) < 4.78 is 0. The van der Waals surface area contributed by atoms with Crippen LogP contribution in [0.4, 0.5) is 5.69 Å². The second-order valence-corrected chi connectivity index (χ2v) is 5.46. The summed E-state index contributed by atoms with van der Waals surface area (Å²) in [6.07, 6.45) is 1.87. The van der Waals surface area contributed by atoms with Crippen LogP contribution in [0.3, 0.4) is 0 Å². The normalized spacial score (nSPS) is 10.5. The van der Waals surface area contributed by atoms with Gasteiger partial charge in [0.1, 0.15) is 5.82 Å². The topological polar surface area (TPSA) is 52.7 Å². The average Bonchev–Trinajstić information content (AvgIpc) is 2.95. The van der Waals surface area contributed by atoms with Crippen LogP contribution in [0.15, 0.2) is 54.6 Å². The van der Waals surface area contributed by atoms with Crippen LogP contribution in [0.1, 0.15) is 12.2 Å². The molecule has 0 amide bonds. The van der Waals surface area contributed by atoms with Crippen molar-refractivity contribution in [2.45, 2.75) is 12.8 Å². The van der Waals surface area contributed by atoms with E-state index >= 15 is 0 Å². The highest BCUT2D eigenvalue weighted by molar-refractivity contribution is 7.80. The molecule has 0 aliphatic heterocycles. The molecule has 1 heterocycles. The van der Waals surface area contributed by atoms with Crippen LogP contribution >= 0.6 is 12.2 Å². The fourth-order valence-electron chi connectivity index (χ4n) is 2.28. The van der Waals surface area contributed by atoms with E-state index in [2.05, 4.69) is 20.6 Å². The summed E-state index contributed by atoms with van der Waals surface area (Å²) in [6.45, 7) is 0.815. The quantitative estimate of drug-likeness (QED) is 0.499. The highest BCUT2D eigenvalue weighted by Gasteiger charge is 2.02. The number of fused-ring (bicyclic) bond motifs is 1. The second kappa shape index (κ2) is 7.04. The molecule has 0 spiro atoms. The molecule has 1 aromatic heterocycles. The molecule has 3 N–H and O–H groups in total. The zero-order valence-electron chi connectivity index (χ0n) is 12.2. The van der Waals surface area contributed by atoms with E-state index < -0.39 is 0 Å². The third kappa shape index (κ3) is 3.83. The minimum absolute atomic E-state index is 0.649. The average molecular weight is 310 g/mol. The Morgan fingerprint density at radius 1 is 1.05 bits per heavy atom. The zero-order valence-corrected chi connectivity index (χ0v) is 13.0. The lowest BCUT2D eigenvalue weighted by molar-refractivity contribution is 0.753. The number of aromatic nitrogens is 2. The summed E-state index contributed by atoms with van der Waals surface area (Å²) in [7, 11) is 0. The molecule has 5 heteroatoms. The number of benzene rings is 2. The summed E-state index contributed by atoms with van der Waals surface area (Å²) in [4.78, 5) is 7.90. The van der Waals surface area contributed by atoms with Crippen molar-refractivity contribution in [3.05, 3.63) is 60.4 Å². The van der Waals surface area contributed by atoms with Crippen LogP contribution in [0.5, 0.6) is 0 Å². The van der Waals surface area contributed by atoms with E-state index in [4.69, 9.17) is 12.2 Å². The molecular formula is C17H18N4S. The van der Waals surface area contributed by atoms with Crippen molar-refractivity contribution in [3.8, 4) is 0 Å². The van der Waals surface area contributed by atoms with Crippen LogP contribution in [0.25, 0.3) is 11.0 Å². The first-order chi connectivity index (χ1) is 10.8. The number of hydrogen-bond acceptors (Lipinski definition) is 2. The van der Waals surface area contributed by atoms with E-state index in [-0.39, 0.29) is 0 Å². The summed E-state index contributed by atoms with van der Waals surface area (Å²) in [5, 5.41) is 7.02. The Morgan fingerprint density at radius 3 is 2.64 bits per heavy atom. The molecule has 0 atom stereocenters.